The van der Waals surface area contributed by atoms with E-state index < -0.39 is 10.0 Å². The highest BCUT2D eigenvalue weighted by molar-refractivity contribution is 9.10. The number of piperidine rings is 1. The lowest BCUT2D eigenvalue weighted by atomic mass is 10.1. The summed E-state index contributed by atoms with van der Waals surface area (Å²) >= 11 is 3.39. The molecule has 4 nitrogen and oxygen atoms in total. The van der Waals surface area contributed by atoms with Crippen LogP contribution in [-0.2, 0) is 10.0 Å². The van der Waals surface area contributed by atoms with Crippen LogP contribution in [0.2, 0.25) is 0 Å². The summed E-state index contributed by atoms with van der Waals surface area (Å²) in [5.41, 5.74) is 0.927. The smallest absolute Gasteiger partial charge is 0.240 e. The maximum Gasteiger partial charge on any atom is 0.240 e. The quantitative estimate of drug-likeness (QED) is 0.740. The summed E-state index contributed by atoms with van der Waals surface area (Å²) in [6.07, 6.45) is 4.85. The maximum absolute atomic E-state index is 12.2. The Bertz CT molecular complexity index is 569. The molecule has 2 N–H and O–H groups in total. The fourth-order valence-corrected chi connectivity index (χ4v) is 4.12. The number of hydrogen-bond acceptors (Lipinski definition) is 2. The van der Waals surface area contributed by atoms with E-state index in [0.717, 1.165) is 23.0 Å². The minimum atomic E-state index is -3.38. The summed E-state index contributed by atoms with van der Waals surface area (Å²) < 4.78 is 28.1. The van der Waals surface area contributed by atoms with Crippen molar-refractivity contribution >= 4 is 26.0 Å². The van der Waals surface area contributed by atoms with Gasteiger partial charge in [0.25, 0.3) is 0 Å². The van der Waals surface area contributed by atoms with Crippen molar-refractivity contribution in [2.24, 2.45) is 0 Å². The van der Waals surface area contributed by atoms with Crippen LogP contribution in [0.25, 0.3) is 0 Å². The Balaban J connectivity index is 1.82. The van der Waals surface area contributed by atoms with Crippen molar-refractivity contribution in [3.05, 3.63) is 28.2 Å². The lowest BCUT2D eigenvalue weighted by molar-refractivity contribution is -0.904. The topological polar surface area (TPSA) is 50.6 Å². The number of rotatable bonds is 6. The van der Waals surface area contributed by atoms with Crippen molar-refractivity contribution in [3.8, 4) is 0 Å². The normalized spacial score (nSPS) is 17.0. The van der Waals surface area contributed by atoms with Crippen LogP contribution in [0.5, 0.6) is 0 Å². The van der Waals surface area contributed by atoms with E-state index in [9.17, 15) is 8.42 Å². The van der Waals surface area contributed by atoms with Crippen LogP contribution < -0.4 is 9.62 Å². The first-order valence-corrected chi connectivity index (χ1v) is 9.86. The van der Waals surface area contributed by atoms with E-state index in [2.05, 4.69) is 20.7 Å². The van der Waals surface area contributed by atoms with E-state index in [0.29, 0.717) is 11.4 Å². The van der Waals surface area contributed by atoms with Crippen LogP contribution in [0.3, 0.4) is 0 Å². The molecule has 0 unspecified atom stereocenters. The largest absolute Gasteiger partial charge is 0.335 e. The van der Waals surface area contributed by atoms with Crippen molar-refractivity contribution in [1.29, 1.82) is 0 Å². The Morgan fingerprint density at radius 1 is 1.24 bits per heavy atom. The summed E-state index contributed by atoms with van der Waals surface area (Å²) in [5, 5.41) is 0. The average Bonchev–Trinajstić information content (AvgIpc) is 2.47. The Kier molecular flexibility index (Phi) is 6.22. The second-order valence-electron chi connectivity index (χ2n) is 5.72. The Hall–Kier alpha value is -0.430. The third-order valence-electron chi connectivity index (χ3n) is 4.00. The van der Waals surface area contributed by atoms with Gasteiger partial charge in [0.05, 0.1) is 24.5 Å². The number of halogens is 1. The highest BCUT2D eigenvalue weighted by Gasteiger charge is 2.16. The molecule has 1 heterocycles. The molecule has 1 aliphatic rings. The third-order valence-corrected chi connectivity index (χ3v) is 6.35. The molecule has 0 amide bonds. The van der Waals surface area contributed by atoms with Crippen LogP contribution in [0, 0.1) is 6.92 Å². The molecule has 1 fully saturated rings. The van der Waals surface area contributed by atoms with Gasteiger partial charge < -0.3 is 4.90 Å². The van der Waals surface area contributed by atoms with Crippen LogP contribution in [0.15, 0.2) is 27.6 Å². The summed E-state index contributed by atoms with van der Waals surface area (Å²) in [6.45, 7) is 5.93. The van der Waals surface area contributed by atoms with Crippen molar-refractivity contribution in [3.63, 3.8) is 0 Å². The standard InChI is InChI=1S/C15H23BrN2O2S/c1-13-12-14(6-7-15(13)16)21(19,20)17-8-5-11-18-9-3-2-4-10-18/h6-7,12,17H,2-5,8-11H2,1H3/p+1. The number of nitrogens with one attached hydrogen (secondary N) is 2. The Labute approximate surface area is 136 Å². The van der Waals surface area contributed by atoms with Gasteiger partial charge in [-0.15, -0.1) is 0 Å². The van der Waals surface area contributed by atoms with Gasteiger partial charge >= 0.3 is 0 Å². The van der Waals surface area contributed by atoms with E-state index in [-0.39, 0.29) is 0 Å². The fourth-order valence-electron chi connectivity index (χ4n) is 2.71. The zero-order chi connectivity index (χ0) is 15.3. The van der Waals surface area contributed by atoms with Crippen LogP contribution in [0.4, 0.5) is 0 Å². The first-order valence-electron chi connectivity index (χ1n) is 7.58. The van der Waals surface area contributed by atoms with Crippen LogP contribution >= 0.6 is 15.9 Å². The highest BCUT2D eigenvalue weighted by atomic mass is 79.9. The van der Waals surface area contributed by atoms with E-state index in [1.54, 1.807) is 23.1 Å². The number of hydrogen-bond donors (Lipinski definition) is 2. The number of aryl methyl sites for hydroxylation is 1. The van der Waals surface area contributed by atoms with E-state index in [1.807, 2.05) is 6.92 Å². The molecule has 118 valence electrons. The molecule has 0 aliphatic carbocycles. The molecule has 0 saturated carbocycles. The van der Waals surface area contributed by atoms with Gasteiger partial charge in [0, 0.05) is 17.4 Å². The molecule has 1 aliphatic heterocycles. The molecular weight excluding hydrogens is 352 g/mol. The molecule has 21 heavy (non-hydrogen) atoms. The highest BCUT2D eigenvalue weighted by Crippen LogP contribution is 2.19. The Morgan fingerprint density at radius 3 is 2.62 bits per heavy atom. The van der Waals surface area contributed by atoms with E-state index >= 15 is 0 Å². The van der Waals surface area contributed by atoms with Gasteiger partial charge in [0.15, 0.2) is 0 Å². The van der Waals surface area contributed by atoms with Gasteiger partial charge in [-0.05, 0) is 49.9 Å². The van der Waals surface area contributed by atoms with Crippen LogP contribution in [-0.4, -0.2) is 34.6 Å². The molecule has 0 bridgehead atoms. The van der Waals surface area contributed by atoms with Crippen molar-refractivity contribution in [1.82, 2.24) is 4.72 Å². The second-order valence-corrected chi connectivity index (χ2v) is 8.34. The summed E-state index contributed by atoms with van der Waals surface area (Å²) in [7, 11) is -3.38. The number of quaternary nitrogens is 1. The minimum absolute atomic E-state index is 0.341. The third kappa shape index (κ3) is 5.06. The first kappa shape index (κ1) is 16.9. The number of benzene rings is 1. The van der Waals surface area contributed by atoms with Gasteiger partial charge in [-0.3, -0.25) is 0 Å². The van der Waals surface area contributed by atoms with Crippen molar-refractivity contribution in [2.75, 3.05) is 26.2 Å². The van der Waals surface area contributed by atoms with Crippen molar-refractivity contribution < 1.29 is 13.3 Å². The molecule has 2 rings (SSSR count). The lowest BCUT2D eigenvalue weighted by Crippen LogP contribution is -3.12. The fraction of sp³-hybridized carbons (Fsp3) is 0.600. The predicted octanol–water partition coefficient (Wildman–Crippen LogP) is 1.49. The monoisotopic (exact) mass is 375 g/mol. The Morgan fingerprint density at radius 2 is 1.95 bits per heavy atom. The van der Waals surface area contributed by atoms with Gasteiger partial charge in [0.2, 0.25) is 10.0 Å². The van der Waals surface area contributed by atoms with Gasteiger partial charge in [-0.1, -0.05) is 15.9 Å². The molecule has 1 aromatic rings. The molecular formula is C15H24BrN2O2S+. The zero-order valence-corrected chi connectivity index (χ0v) is 14.9. The van der Waals surface area contributed by atoms with Gasteiger partial charge in [0.1, 0.15) is 0 Å². The van der Waals surface area contributed by atoms with Crippen molar-refractivity contribution in [2.45, 2.75) is 37.5 Å². The SMILES string of the molecule is Cc1cc(S(=O)(=O)NCCC[NH+]2CCCCC2)ccc1Br. The average molecular weight is 376 g/mol. The van der Waals surface area contributed by atoms with Gasteiger partial charge in [-0.2, -0.15) is 0 Å². The van der Waals surface area contributed by atoms with E-state index in [1.165, 1.54) is 32.4 Å². The predicted molar refractivity (Wildman–Crippen MR) is 88.1 cm³/mol. The molecule has 1 aromatic carbocycles. The minimum Gasteiger partial charge on any atom is -0.335 e. The maximum atomic E-state index is 12.2. The summed E-state index contributed by atoms with van der Waals surface area (Å²) in [6, 6.07) is 5.11. The zero-order valence-electron chi connectivity index (χ0n) is 12.5. The molecule has 0 atom stereocenters. The molecule has 0 radical (unpaired) electrons. The van der Waals surface area contributed by atoms with Gasteiger partial charge in [-0.25, -0.2) is 13.1 Å². The van der Waals surface area contributed by atoms with E-state index in [4.69, 9.17) is 0 Å². The summed E-state index contributed by atoms with van der Waals surface area (Å²) in [4.78, 5) is 1.95. The molecule has 6 heteroatoms. The first-order chi connectivity index (χ1) is 9.99. The molecule has 0 spiro atoms. The number of sulfonamides is 1. The molecule has 0 aromatic heterocycles. The number of likely N-dealkylation sites (tertiary alicyclic amines) is 1. The summed E-state index contributed by atoms with van der Waals surface area (Å²) in [5.74, 6) is 0. The lowest BCUT2D eigenvalue weighted by Gasteiger charge is -2.23. The van der Waals surface area contributed by atoms with Crippen LogP contribution in [0.1, 0.15) is 31.2 Å². The second kappa shape index (κ2) is 7.72. The molecule has 1 saturated heterocycles.